The zero-order chi connectivity index (χ0) is 14.3. The topological polar surface area (TPSA) is 40.6 Å². The molecular weight excluding hydrogens is 241 g/mol. The van der Waals surface area contributed by atoms with Gasteiger partial charge in [-0.3, -0.25) is 4.98 Å². The standard InChI is InChI=1S/C14H22BNO3/c1-7-11-12(17-6)10(8-9-16-11)15-18-13(2,3)14(4,5)19-15/h8-9H,7H2,1-6H3. The Labute approximate surface area is 115 Å². The number of hydrogen-bond acceptors (Lipinski definition) is 4. The van der Waals surface area contributed by atoms with Crippen LogP contribution in [0.5, 0.6) is 5.75 Å². The third-order valence-electron chi connectivity index (χ3n) is 4.05. The number of ether oxygens (including phenoxy) is 1. The van der Waals surface area contributed by atoms with Gasteiger partial charge in [-0.1, -0.05) is 6.92 Å². The summed E-state index contributed by atoms with van der Waals surface area (Å²) in [7, 11) is 1.25. The van der Waals surface area contributed by atoms with Crippen molar-refractivity contribution < 1.29 is 14.0 Å². The summed E-state index contributed by atoms with van der Waals surface area (Å²) < 4.78 is 17.6. The minimum absolute atomic E-state index is 0.349. The summed E-state index contributed by atoms with van der Waals surface area (Å²) in [5.41, 5.74) is 1.14. The Bertz CT molecular complexity index is 458. The first-order chi connectivity index (χ1) is 8.82. The molecule has 1 aromatic heterocycles. The quantitative estimate of drug-likeness (QED) is 0.781. The number of rotatable bonds is 3. The van der Waals surface area contributed by atoms with Gasteiger partial charge >= 0.3 is 7.12 Å². The largest absolute Gasteiger partial charge is 0.498 e. The van der Waals surface area contributed by atoms with Gasteiger partial charge in [0.15, 0.2) is 0 Å². The highest BCUT2D eigenvalue weighted by Gasteiger charge is 2.52. The second kappa shape index (κ2) is 4.80. The van der Waals surface area contributed by atoms with E-state index >= 15 is 0 Å². The Balaban J connectivity index is 2.39. The zero-order valence-electron chi connectivity index (χ0n) is 12.6. The van der Waals surface area contributed by atoms with Crippen molar-refractivity contribution in [3.8, 4) is 5.75 Å². The number of aryl methyl sites for hydroxylation is 1. The molecule has 0 aromatic carbocycles. The van der Waals surface area contributed by atoms with Crippen molar-refractivity contribution in [3.05, 3.63) is 18.0 Å². The fraction of sp³-hybridized carbons (Fsp3) is 0.643. The summed E-state index contributed by atoms with van der Waals surface area (Å²) in [5, 5.41) is 0. The molecule has 19 heavy (non-hydrogen) atoms. The van der Waals surface area contributed by atoms with Gasteiger partial charge in [-0.25, -0.2) is 0 Å². The molecule has 0 unspecified atom stereocenters. The molecule has 4 nitrogen and oxygen atoms in total. The van der Waals surface area contributed by atoms with Gasteiger partial charge in [-0.2, -0.15) is 0 Å². The molecule has 0 atom stereocenters. The molecule has 2 heterocycles. The van der Waals surface area contributed by atoms with Crippen molar-refractivity contribution in [1.29, 1.82) is 0 Å². The van der Waals surface area contributed by atoms with E-state index in [1.165, 1.54) is 0 Å². The molecule has 0 saturated carbocycles. The average Bonchev–Trinajstić information content (AvgIpc) is 2.57. The summed E-state index contributed by atoms with van der Waals surface area (Å²) in [6.07, 6.45) is 2.60. The van der Waals surface area contributed by atoms with Crippen molar-refractivity contribution in [2.75, 3.05) is 7.11 Å². The summed E-state index contributed by atoms with van der Waals surface area (Å²) in [4.78, 5) is 4.34. The van der Waals surface area contributed by atoms with Crippen LogP contribution >= 0.6 is 0 Å². The number of nitrogens with zero attached hydrogens (tertiary/aromatic N) is 1. The van der Waals surface area contributed by atoms with E-state index in [2.05, 4.69) is 11.9 Å². The van der Waals surface area contributed by atoms with Crippen molar-refractivity contribution in [2.24, 2.45) is 0 Å². The van der Waals surface area contributed by atoms with Crippen LogP contribution in [0.3, 0.4) is 0 Å². The van der Waals surface area contributed by atoms with E-state index in [0.29, 0.717) is 0 Å². The molecule has 5 heteroatoms. The fourth-order valence-electron chi connectivity index (χ4n) is 2.15. The van der Waals surface area contributed by atoms with Gasteiger partial charge in [-0.15, -0.1) is 0 Å². The maximum atomic E-state index is 6.06. The molecule has 104 valence electrons. The van der Waals surface area contributed by atoms with E-state index in [9.17, 15) is 0 Å². The minimum atomic E-state index is -0.409. The van der Waals surface area contributed by atoms with Gasteiger partial charge in [0.1, 0.15) is 5.75 Å². The second-order valence-electron chi connectivity index (χ2n) is 5.82. The van der Waals surface area contributed by atoms with Gasteiger partial charge in [0, 0.05) is 11.7 Å². The van der Waals surface area contributed by atoms with Gasteiger partial charge < -0.3 is 14.0 Å². The SMILES string of the molecule is CCc1nccc(B2OC(C)(C)C(C)(C)O2)c1OC. The smallest absolute Gasteiger partial charge is 0.495 e. The van der Waals surface area contributed by atoms with Crippen molar-refractivity contribution >= 4 is 12.6 Å². The molecular formula is C14H22BNO3. The summed E-state index contributed by atoms with van der Waals surface area (Å²) in [6.45, 7) is 10.2. The van der Waals surface area contributed by atoms with E-state index < -0.39 is 7.12 Å². The zero-order valence-corrected chi connectivity index (χ0v) is 12.6. The van der Waals surface area contributed by atoms with Gasteiger partial charge in [0.05, 0.1) is 24.0 Å². The lowest BCUT2D eigenvalue weighted by Crippen LogP contribution is -2.41. The summed E-state index contributed by atoms with van der Waals surface area (Å²) in [6, 6.07) is 1.90. The Kier molecular flexibility index (Phi) is 3.62. The van der Waals surface area contributed by atoms with Crippen LogP contribution in [-0.2, 0) is 15.7 Å². The molecule has 1 aliphatic heterocycles. The Morgan fingerprint density at radius 2 is 1.79 bits per heavy atom. The Morgan fingerprint density at radius 3 is 2.26 bits per heavy atom. The van der Waals surface area contributed by atoms with Crippen LogP contribution in [-0.4, -0.2) is 30.4 Å². The van der Waals surface area contributed by atoms with E-state index in [4.69, 9.17) is 14.0 Å². The van der Waals surface area contributed by atoms with E-state index in [1.54, 1.807) is 13.3 Å². The van der Waals surface area contributed by atoms with Crippen LogP contribution in [0.2, 0.25) is 0 Å². The van der Waals surface area contributed by atoms with Crippen LogP contribution in [0.1, 0.15) is 40.3 Å². The molecule has 0 bridgehead atoms. The first-order valence-electron chi connectivity index (χ1n) is 6.70. The average molecular weight is 263 g/mol. The van der Waals surface area contributed by atoms with Crippen molar-refractivity contribution in [2.45, 2.75) is 52.2 Å². The van der Waals surface area contributed by atoms with Crippen LogP contribution in [0.4, 0.5) is 0 Å². The first kappa shape index (κ1) is 14.3. The van der Waals surface area contributed by atoms with Gasteiger partial charge in [0.2, 0.25) is 0 Å². The third-order valence-corrected chi connectivity index (χ3v) is 4.05. The van der Waals surface area contributed by atoms with E-state index in [-0.39, 0.29) is 11.2 Å². The highest BCUT2D eigenvalue weighted by Crippen LogP contribution is 2.37. The number of pyridine rings is 1. The van der Waals surface area contributed by atoms with Crippen LogP contribution < -0.4 is 10.2 Å². The van der Waals surface area contributed by atoms with E-state index in [1.807, 2.05) is 33.8 Å². The molecule has 0 spiro atoms. The number of hydrogen-bond donors (Lipinski definition) is 0. The number of aromatic nitrogens is 1. The normalized spacial score (nSPS) is 20.6. The lowest BCUT2D eigenvalue weighted by molar-refractivity contribution is 0.00578. The van der Waals surface area contributed by atoms with Crippen LogP contribution in [0, 0.1) is 0 Å². The molecule has 0 aliphatic carbocycles. The fourth-order valence-corrected chi connectivity index (χ4v) is 2.15. The third kappa shape index (κ3) is 2.37. The van der Waals surface area contributed by atoms with Crippen molar-refractivity contribution in [1.82, 2.24) is 4.98 Å². The molecule has 1 fully saturated rings. The number of methoxy groups -OCH3 is 1. The summed E-state index contributed by atoms with van der Waals surface area (Å²) in [5.74, 6) is 0.767. The molecule has 0 radical (unpaired) electrons. The predicted octanol–water partition coefficient (Wildman–Crippen LogP) is 1.95. The highest BCUT2D eigenvalue weighted by molar-refractivity contribution is 6.63. The van der Waals surface area contributed by atoms with Crippen molar-refractivity contribution in [3.63, 3.8) is 0 Å². The highest BCUT2D eigenvalue weighted by atomic mass is 16.7. The molecule has 0 amide bonds. The predicted molar refractivity (Wildman–Crippen MR) is 75.9 cm³/mol. The van der Waals surface area contributed by atoms with Crippen LogP contribution in [0.15, 0.2) is 12.3 Å². The van der Waals surface area contributed by atoms with Gasteiger partial charge in [-0.05, 0) is 40.2 Å². The minimum Gasteiger partial charge on any atom is -0.495 e. The summed E-state index contributed by atoms with van der Waals surface area (Å²) >= 11 is 0. The van der Waals surface area contributed by atoms with Gasteiger partial charge in [0.25, 0.3) is 0 Å². The lowest BCUT2D eigenvalue weighted by atomic mass is 9.78. The molecule has 1 saturated heterocycles. The maximum Gasteiger partial charge on any atom is 0.498 e. The Morgan fingerprint density at radius 1 is 1.21 bits per heavy atom. The first-order valence-corrected chi connectivity index (χ1v) is 6.70. The van der Waals surface area contributed by atoms with E-state index in [0.717, 1.165) is 23.3 Å². The molecule has 0 N–H and O–H groups in total. The molecule has 1 aliphatic rings. The monoisotopic (exact) mass is 263 g/mol. The maximum absolute atomic E-state index is 6.06. The Hall–Kier alpha value is -1.07. The molecule has 2 rings (SSSR count). The molecule has 1 aromatic rings. The second-order valence-corrected chi connectivity index (χ2v) is 5.82. The lowest BCUT2D eigenvalue weighted by Gasteiger charge is -2.32. The van der Waals surface area contributed by atoms with Crippen LogP contribution in [0.25, 0.3) is 0 Å².